The van der Waals surface area contributed by atoms with Crippen molar-refractivity contribution in [2.45, 2.75) is 32.4 Å². The summed E-state index contributed by atoms with van der Waals surface area (Å²) in [4.78, 5) is 12.3. The third kappa shape index (κ3) is 3.14. The smallest absolute Gasteiger partial charge is 0.258 e. The quantitative estimate of drug-likeness (QED) is 0.875. The SMILES string of the molecule is Cc1nn(C)c(C)c1OCC(=O)N[C@H]1CCO[C@@H]1c1ccnn1C. The molecule has 0 bridgehead atoms. The van der Waals surface area contributed by atoms with E-state index in [2.05, 4.69) is 15.5 Å². The molecule has 0 unspecified atom stereocenters. The highest BCUT2D eigenvalue weighted by Crippen LogP contribution is 2.28. The molecule has 24 heavy (non-hydrogen) atoms. The van der Waals surface area contributed by atoms with Crippen LogP contribution in [0, 0.1) is 13.8 Å². The zero-order valence-corrected chi connectivity index (χ0v) is 14.4. The van der Waals surface area contributed by atoms with Crippen molar-refractivity contribution in [1.82, 2.24) is 24.9 Å². The van der Waals surface area contributed by atoms with Crippen LogP contribution < -0.4 is 10.1 Å². The largest absolute Gasteiger partial charge is 0.480 e. The molecule has 8 heteroatoms. The van der Waals surface area contributed by atoms with Crippen LogP contribution in [-0.4, -0.2) is 44.7 Å². The van der Waals surface area contributed by atoms with Gasteiger partial charge in [0, 0.05) is 26.9 Å². The van der Waals surface area contributed by atoms with Gasteiger partial charge in [-0.1, -0.05) is 0 Å². The molecule has 0 spiro atoms. The first-order valence-corrected chi connectivity index (χ1v) is 7.99. The zero-order chi connectivity index (χ0) is 17.3. The summed E-state index contributed by atoms with van der Waals surface area (Å²) < 4.78 is 14.9. The lowest BCUT2D eigenvalue weighted by Crippen LogP contribution is -2.40. The first kappa shape index (κ1) is 16.5. The highest BCUT2D eigenvalue weighted by Gasteiger charge is 2.32. The van der Waals surface area contributed by atoms with E-state index in [4.69, 9.17) is 9.47 Å². The van der Waals surface area contributed by atoms with Gasteiger partial charge in [0.25, 0.3) is 5.91 Å². The molecule has 130 valence electrons. The average Bonchev–Trinajstić information content (AvgIpc) is 3.20. The Morgan fingerprint density at radius 1 is 1.42 bits per heavy atom. The van der Waals surface area contributed by atoms with Gasteiger partial charge in [-0.3, -0.25) is 14.2 Å². The molecule has 1 fully saturated rings. The van der Waals surface area contributed by atoms with Gasteiger partial charge in [-0.2, -0.15) is 10.2 Å². The summed E-state index contributed by atoms with van der Waals surface area (Å²) in [6.07, 6.45) is 2.32. The minimum absolute atomic E-state index is 0.0397. The summed E-state index contributed by atoms with van der Waals surface area (Å²) in [7, 11) is 3.72. The average molecular weight is 333 g/mol. The fraction of sp³-hybridized carbons (Fsp3) is 0.562. The van der Waals surface area contributed by atoms with Crippen molar-refractivity contribution in [2.24, 2.45) is 14.1 Å². The summed E-state index contributed by atoms with van der Waals surface area (Å²) >= 11 is 0. The van der Waals surface area contributed by atoms with E-state index in [0.717, 1.165) is 23.5 Å². The monoisotopic (exact) mass is 333 g/mol. The van der Waals surface area contributed by atoms with E-state index in [0.29, 0.717) is 12.4 Å². The first-order chi connectivity index (χ1) is 11.5. The minimum Gasteiger partial charge on any atom is -0.480 e. The Labute approximate surface area is 140 Å². The maximum Gasteiger partial charge on any atom is 0.258 e. The highest BCUT2D eigenvalue weighted by atomic mass is 16.5. The molecule has 0 aliphatic carbocycles. The van der Waals surface area contributed by atoms with Crippen molar-refractivity contribution in [3.63, 3.8) is 0 Å². The van der Waals surface area contributed by atoms with E-state index in [-0.39, 0.29) is 24.7 Å². The molecule has 1 amide bonds. The summed E-state index contributed by atoms with van der Waals surface area (Å²) in [6, 6.07) is 1.83. The van der Waals surface area contributed by atoms with Crippen molar-refractivity contribution in [2.75, 3.05) is 13.2 Å². The molecule has 0 radical (unpaired) electrons. The minimum atomic E-state index is -0.177. The molecule has 8 nitrogen and oxygen atoms in total. The van der Waals surface area contributed by atoms with Crippen LogP contribution in [0.2, 0.25) is 0 Å². The van der Waals surface area contributed by atoms with Gasteiger partial charge in [0.15, 0.2) is 12.4 Å². The summed E-state index contributed by atoms with van der Waals surface area (Å²) in [5.41, 5.74) is 2.63. The van der Waals surface area contributed by atoms with E-state index in [9.17, 15) is 4.79 Å². The van der Waals surface area contributed by atoms with E-state index in [1.807, 2.05) is 34.0 Å². The molecular formula is C16H23N5O3. The van der Waals surface area contributed by atoms with Gasteiger partial charge in [-0.15, -0.1) is 0 Å². The van der Waals surface area contributed by atoms with Crippen LogP contribution in [0.4, 0.5) is 0 Å². The Balaban J connectivity index is 1.59. The van der Waals surface area contributed by atoms with Crippen LogP contribution in [0.1, 0.15) is 29.6 Å². The van der Waals surface area contributed by atoms with Crippen LogP contribution in [0.15, 0.2) is 12.3 Å². The molecule has 1 N–H and O–H groups in total. The molecule has 2 aromatic heterocycles. The molecule has 0 saturated carbocycles. The Hall–Kier alpha value is -2.35. The number of carbonyl (C=O) groups excluding carboxylic acids is 1. The van der Waals surface area contributed by atoms with Crippen molar-refractivity contribution in [3.05, 3.63) is 29.3 Å². The van der Waals surface area contributed by atoms with Crippen molar-refractivity contribution < 1.29 is 14.3 Å². The molecule has 3 heterocycles. The molecule has 0 aromatic carbocycles. The van der Waals surface area contributed by atoms with Gasteiger partial charge in [0.2, 0.25) is 0 Å². The van der Waals surface area contributed by atoms with Crippen LogP contribution in [0.5, 0.6) is 5.75 Å². The van der Waals surface area contributed by atoms with Crippen LogP contribution in [-0.2, 0) is 23.6 Å². The predicted molar refractivity (Wildman–Crippen MR) is 86.6 cm³/mol. The van der Waals surface area contributed by atoms with Gasteiger partial charge in [0.1, 0.15) is 11.8 Å². The maximum absolute atomic E-state index is 12.3. The molecule has 2 aromatic rings. The molecule has 1 saturated heterocycles. The molecule has 3 rings (SSSR count). The second-order valence-corrected chi connectivity index (χ2v) is 6.05. The lowest BCUT2D eigenvalue weighted by Gasteiger charge is -2.20. The van der Waals surface area contributed by atoms with Crippen molar-refractivity contribution >= 4 is 5.91 Å². The summed E-state index contributed by atoms with van der Waals surface area (Å²) in [5, 5.41) is 11.4. The molecule has 2 atom stereocenters. The normalized spacial score (nSPS) is 20.3. The Morgan fingerprint density at radius 2 is 2.21 bits per heavy atom. The summed E-state index contributed by atoms with van der Waals surface area (Å²) in [6.45, 7) is 4.35. The number of hydrogen-bond donors (Lipinski definition) is 1. The van der Waals surface area contributed by atoms with Crippen molar-refractivity contribution in [3.8, 4) is 5.75 Å². The Kier molecular flexibility index (Phi) is 4.57. The fourth-order valence-corrected chi connectivity index (χ4v) is 3.04. The first-order valence-electron chi connectivity index (χ1n) is 7.99. The lowest BCUT2D eigenvalue weighted by molar-refractivity contribution is -0.124. The second kappa shape index (κ2) is 6.64. The number of carbonyl (C=O) groups is 1. The number of ether oxygens (including phenoxy) is 2. The number of nitrogens with one attached hydrogen (secondary N) is 1. The standard InChI is InChI=1S/C16H23N5O3/c1-10-15(11(2)20(3)19-10)24-9-14(22)18-12-6-8-23-16(12)13-5-7-17-21(13)4/h5,7,12,16H,6,8-9H2,1-4H3,(H,18,22)/t12-,16-/m0/s1. The number of aryl methyl sites for hydroxylation is 3. The third-order valence-corrected chi connectivity index (χ3v) is 4.38. The van der Waals surface area contributed by atoms with E-state index < -0.39 is 0 Å². The maximum atomic E-state index is 12.3. The third-order valence-electron chi connectivity index (χ3n) is 4.38. The number of rotatable bonds is 5. The highest BCUT2D eigenvalue weighted by molar-refractivity contribution is 5.78. The lowest BCUT2D eigenvalue weighted by atomic mass is 10.1. The number of hydrogen-bond acceptors (Lipinski definition) is 5. The van der Waals surface area contributed by atoms with Crippen LogP contribution in [0.3, 0.4) is 0 Å². The Morgan fingerprint density at radius 3 is 2.83 bits per heavy atom. The van der Waals surface area contributed by atoms with Gasteiger partial charge in [0.05, 0.1) is 17.4 Å². The van der Waals surface area contributed by atoms with E-state index in [1.54, 1.807) is 15.6 Å². The van der Waals surface area contributed by atoms with Crippen LogP contribution >= 0.6 is 0 Å². The topological polar surface area (TPSA) is 83.2 Å². The van der Waals surface area contributed by atoms with Crippen molar-refractivity contribution in [1.29, 1.82) is 0 Å². The van der Waals surface area contributed by atoms with E-state index in [1.165, 1.54) is 0 Å². The van der Waals surface area contributed by atoms with Gasteiger partial charge >= 0.3 is 0 Å². The van der Waals surface area contributed by atoms with Gasteiger partial charge in [-0.05, 0) is 26.3 Å². The number of nitrogens with zero attached hydrogens (tertiary/aromatic N) is 4. The fourth-order valence-electron chi connectivity index (χ4n) is 3.04. The number of amides is 1. The molecule has 1 aliphatic heterocycles. The van der Waals surface area contributed by atoms with Crippen LogP contribution in [0.25, 0.3) is 0 Å². The number of aromatic nitrogens is 4. The second-order valence-electron chi connectivity index (χ2n) is 6.05. The van der Waals surface area contributed by atoms with E-state index >= 15 is 0 Å². The Bertz CT molecular complexity index is 736. The van der Waals surface area contributed by atoms with Gasteiger partial charge < -0.3 is 14.8 Å². The van der Waals surface area contributed by atoms with Gasteiger partial charge in [-0.25, -0.2) is 0 Å². The summed E-state index contributed by atoms with van der Waals surface area (Å²) in [5.74, 6) is 0.499. The molecule has 1 aliphatic rings. The zero-order valence-electron chi connectivity index (χ0n) is 14.4. The molecular weight excluding hydrogens is 310 g/mol. The predicted octanol–water partition coefficient (Wildman–Crippen LogP) is 0.796.